The first-order chi connectivity index (χ1) is 16.5. The molecule has 2 amide bonds. The van der Waals surface area contributed by atoms with Crippen LogP contribution in [0.3, 0.4) is 0 Å². The topological polar surface area (TPSA) is 74.2 Å². The fourth-order valence-corrected chi connectivity index (χ4v) is 5.01. The number of carbonyl (C=O) groups excluding carboxylic acids is 2. The van der Waals surface area contributed by atoms with Crippen LogP contribution >= 0.6 is 11.8 Å². The van der Waals surface area contributed by atoms with Crippen LogP contribution < -0.4 is 5.32 Å². The van der Waals surface area contributed by atoms with E-state index in [-0.39, 0.29) is 24.1 Å². The Hall–Kier alpha value is -2.75. The van der Waals surface area contributed by atoms with Crippen LogP contribution in [0, 0.1) is 5.82 Å². The zero-order chi connectivity index (χ0) is 23.9. The average molecular weight is 485 g/mol. The van der Waals surface area contributed by atoms with Gasteiger partial charge in [0.2, 0.25) is 11.8 Å². The molecule has 1 unspecified atom stereocenters. The van der Waals surface area contributed by atoms with Gasteiger partial charge in [-0.15, -0.1) is 0 Å². The fourth-order valence-electron chi connectivity index (χ4n) is 3.83. The summed E-state index contributed by atoms with van der Waals surface area (Å²) in [7, 11) is 0. The van der Waals surface area contributed by atoms with Crippen LogP contribution in [0.15, 0.2) is 53.5 Å². The number of hydrogen-bond donors (Lipinski definition) is 1. The Morgan fingerprint density at radius 3 is 2.50 bits per heavy atom. The van der Waals surface area contributed by atoms with E-state index >= 15 is 0 Å². The lowest BCUT2D eigenvalue weighted by molar-refractivity contribution is -0.128. The van der Waals surface area contributed by atoms with Gasteiger partial charge in [0.05, 0.1) is 18.9 Å². The number of nitrogens with one attached hydrogen (secondary N) is 1. The molecule has 2 aromatic rings. The van der Waals surface area contributed by atoms with Crippen LogP contribution in [0.4, 0.5) is 15.8 Å². The Morgan fingerprint density at radius 2 is 1.82 bits per heavy atom. The van der Waals surface area contributed by atoms with E-state index in [4.69, 9.17) is 9.73 Å². The second-order valence-corrected chi connectivity index (χ2v) is 9.39. The highest BCUT2D eigenvalue weighted by Crippen LogP contribution is 2.32. The van der Waals surface area contributed by atoms with Gasteiger partial charge < -0.3 is 10.1 Å². The smallest absolute Gasteiger partial charge is 0.242 e. The lowest BCUT2D eigenvalue weighted by Gasteiger charge is -2.28. The van der Waals surface area contributed by atoms with E-state index in [9.17, 15) is 14.0 Å². The number of nitrogens with zero attached hydrogens (tertiary/aromatic N) is 3. The fraction of sp³-hybridized carbons (Fsp3) is 0.400. The molecule has 0 radical (unpaired) electrons. The Morgan fingerprint density at radius 1 is 1.12 bits per heavy atom. The van der Waals surface area contributed by atoms with Gasteiger partial charge in [-0.25, -0.2) is 9.38 Å². The van der Waals surface area contributed by atoms with Gasteiger partial charge >= 0.3 is 0 Å². The summed E-state index contributed by atoms with van der Waals surface area (Å²) in [6.07, 6.45) is 0.962. The van der Waals surface area contributed by atoms with Gasteiger partial charge in [-0.05, 0) is 48.4 Å². The van der Waals surface area contributed by atoms with Gasteiger partial charge in [0.15, 0.2) is 5.17 Å². The highest BCUT2D eigenvalue weighted by atomic mass is 32.2. The minimum absolute atomic E-state index is 0.0166. The molecular weight excluding hydrogens is 455 g/mol. The van der Waals surface area contributed by atoms with Gasteiger partial charge in [-0.2, -0.15) is 0 Å². The Bertz CT molecular complexity index is 1020. The lowest BCUT2D eigenvalue weighted by atomic mass is 10.2. The molecule has 2 aliphatic heterocycles. The van der Waals surface area contributed by atoms with Gasteiger partial charge in [0, 0.05) is 38.3 Å². The molecule has 0 aromatic heterocycles. The van der Waals surface area contributed by atoms with Gasteiger partial charge in [-0.3, -0.25) is 19.4 Å². The second-order valence-electron chi connectivity index (χ2n) is 8.22. The van der Waals surface area contributed by atoms with Gasteiger partial charge in [0.1, 0.15) is 11.1 Å². The molecule has 2 aliphatic rings. The van der Waals surface area contributed by atoms with Gasteiger partial charge in [-0.1, -0.05) is 30.8 Å². The van der Waals surface area contributed by atoms with E-state index in [0.29, 0.717) is 30.6 Å². The number of rotatable bonds is 8. The number of hydrogen-bond acceptors (Lipinski definition) is 6. The number of ether oxygens (including phenoxy) is 1. The summed E-state index contributed by atoms with van der Waals surface area (Å²) in [5.74, 6) is -0.779. The van der Waals surface area contributed by atoms with Crippen molar-refractivity contribution in [2.75, 3.05) is 44.7 Å². The van der Waals surface area contributed by atoms with E-state index in [0.717, 1.165) is 31.7 Å². The highest BCUT2D eigenvalue weighted by Gasteiger charge is 2.39. The largest absolute Gasteiger partial charge is 0.379 e. The molecule has 4 rings (SSSR count). The minimum atomic E-state index is -0.557. The molecule has 1 N–H and O–H groups in total. The molecular formula is C25H29FN4O3S. The number of benzene rings is 2. The summed E-state index contributed by atoms with van der Waals surface area (Å²) < 4.78 is 18.5. The predicted molar refractivity (Wildman–Crippen MR) is 133 cm³/mol. The second kappa shape index (κ2) is 11.6. The Kier molecular flexibility index (Phi) is 8.31. The number of aryl methyl sites for hydroxylation is 1. The molecule has 0 bridgehead atoms. The van der Waals surface area contributed by atoms with Crippen molar-refractivity contribution in [3.05, 3.63) is 59.9 Å². The van der Waals surface area contributed by atoms with Crippen molar-refractivity contribution in [3.63, 3.8) is 0 Å². The molecule has 180 valence electrons. The first-order valence-electron chi connectivity index (χ1n) is 11.5. The first-order valence-corrected chi connectivity index (χ1v) is 12.4. The van der Waals surface area contributed by atoms with Crippen molar-refractivity contribution in [2.24, 2.45) is 4.99 Å². The molecule has 0 spiro atoms. The predicted octanol–water partition coefficient (Wildman–Crippen LogP) is 3.68. The monoisotopic (exact) mass is 484 g/mol. The van der Waals surface area contributed by atoms with Crippen molar-refractivity contribution < 1.29 is 18.7 Å². The lowest BCUT2D eigenvalue weighted by Crippen LogP contribution is -2.43. The van der Waals surface area contributed by atoms with Crippen LogP contribution in [-0.2, 0) is 20.7 Å². The average Bonchev–Trinajstić information content (AvgIpc) is 3.13. The zero-order valence-corrected chi connectivity index (χ0v) is 20.0. The maximum atomic E-state index is 13.3. The number of aliphatic imine (C=N–C) groups is 1. The van der Waals surface area contributed by atoms with Crippen molar-refractivity contribution in [1.29, 1.82) is 0 Å². The number of carbonyl (C=O) groups is 2. The zero-order valence-electron chi connectivity index (χ0n) is 19.2. The molecule has 7 nitrogen and oxygen atoms in total. The third-order valence-electron chi connectivity index (χ3n) is 5.83. The van der Waals surface area contributed by atoms with Crippen molar-refractivity contribution >= 4 is 40.1 Å². The van der Waals surface area contributed by atoms with Crippen molar-refractivity contribution in [1.82, 2.24) is 9.80 Å². The van der Waals surface area contributed by atoms with Crippen LogP contribution in [0.2, 0.25) is 0 Å². The normalized spacial score (nSPS) is 20.2. The highest BCUT2D eigenvalue weighted by molar-refractivity contribution is 8.15. The van der Waals surface area contributed by atoms with E-state index in [2.05, 4.69) is 17.1 Å². The molecule has 0 saturated carbocycles. The summed E-state index contributed by atoms with van der Waals surface area (Å²) in [5.41, 5.74) is 2.50. The number of amidine groups is 1. The van der Waals surface area contributed by atoms with E-state index < -0.39 is 5.25 Å². The molecule has 2 aromatic carbocycles. The number of morpholine rings is 1. The van der Waals surface area contributed by atoms with E-state index in [1.165, 1.54) is 41.6 Å². The summed E-state index contributed by atoms with van der Waals surface area (Å²) in [6, 6.07) is 13.5. The first kappa shape index (κ1) is 24.4. The van der Waals surface area contributed by atoms with Crippen molar-refractivity contribution in [3.8, 4) is 0 Å². The third kappa shape index (κ3) is 6.43. The van der Waals surface area contributed by atoms with E-state index in [1.807, 2.05) is 24.3 Å². The number of halogens is 1. The molecule has 2 saturated heterocycles. The van der Waals surface area contributed by atoms with Crippen LogP contribution in [0.1, 0.15) is 18.9 Å². The maximum absolute atomic E-state index is 13.3. The Labute approximate surface area is 203 Å². The van der Waals surface area contributed by atoms with E-state index in [1.54, 1.807) is 4.90 Å². The molecule has 1 atom stereocenters. The summed E-state index contributed by atoms with van der Waals surface area (Å²) in [4.78, 5) is 34.6. The SMILES string of the molecule is CCc1ccc(N=C2SC(CC(=O)Nc3ccc(F)cc3)C(=O)N2CCN2CCOCC2)cc1. The molecule has 0 aliphatic carbocycles. The molecule has 9 heteroatoms. The third-order valence-corrected chi connectivity index (χ3v) is 7.01. The van der Waals surface area contributed by atoms with Crippen LogP contribution in [0.25, 0.3) is 0 Å². The van der Waals surface area contributed by atoms with Crippen molar-refractivity contribution in [2.45, 2.75) is 25.0 Å². The van der Waals surface area contributed by atoms with Crippen LogP contribution in [0.5, 0.6) is 0 Å². The molecule has 2 fully saturated rings. The summed E-state index contributed by atoms with van der Waals surface area (Å²) in [5, 5.41) is 2.80. The maximum Gasteiger partial charge on any atom is 0.242 e. The van der Waals surface area contributed by atoms with Gasteiger partial charge in [0.25, 0.3) is 0 Å². The quantitative estimate of drug-likeness (QED) is 0.619. The molecule has 34 heavy (non-hydrogen) atoms. The summed E-state index contributed by atoms with van der Waals surface area (Å²) in [6.45, 7) is 6.39. The number of thioether (sulfide) groups is 1. The Balaban J connectivity index is 1.46. The number of amides is 2. The summed E-state index contributed by atoms with van der Waals surface area (Å²) >= 11 is 1.32. The minimum Gasteiger partial charge on any atom is -0.379 e. The standard InChI is InChI=1S/C25H29FN4O3S/c1-2-18-3-7-21(8-4-18)28-25-30(12-11-29-13-15-33-16-14-29)24(32)22(34-25)17-23(31)27-20-9-5-19(26)6-10-20/h3-10,22H,2,11-17H2,1H3,(H,27,31). The van der Waals surface area contributed by atoms with Crippen LogP contribution in [-0.4, -0.2) is 71.4 Å². The number of anilines is 1. The molecule has 2 heterocycles.